The van der Waals surface area contributed by atoms with Crippen LogP contribution in [0.5, 0.6) is 5.75 Å². The normalized spacial score (nSPS) is 9.63. The Morgan fingerprint density at radius 1 is 1.32 bits per heavy atom. The lowest BCUT2D eigenvalue weighted by Gasteiger charge is -2.19. The van der Waals surface area contributed by atoms with Crippen molar-refractivity contribution in [2.24, 2.45) is 10.9 Å². The van der Waals surface area contributed by atoms with E-state index in [0.29, 0.717) is 5.75 Å². The van der Waals surface area contributed by atoms with Gasteiger partial charge in [0.2, 0.25) is 6.08 Å². The second-order valence-electron chi connectivity index (χ2n) is 4.17. The van der Waals surface area contributed by atoms with Gasteiger partial charge in [-0.15, -0.1) is 4.99 Å². The number of hydrogen-bond donors (Lipinski definition) is 0. The van der Waals surface area contributed by atoms with E-state index in [2.05, 4.69) is 4.99 Å². The van der Waals surface area contributed by atoms with E-state index < -0.39 is 12.1 Å². The number of amides is 3. The predicted octanol–water partition coefficient (Wildman–Crippen LogP) is 2.60. The van der Waals surface area contributed by atoms with Crippen LogP contribution in [-0.4, -0.2) is 29.6 Å². The Morgan fingerprint density at radius 2 is 1.95 bits per heavy atom. The standard InChI is InChI=1S/C13H14N2O4/c1-10(2)8-15(12(17)14-9-16)13(18)19-11-6-4-3-5-7-11/h3-7,10H,8H2,1-2H3. The number of benzene rings is 1. The van der Waals surface area contributed by atoms with Crippen LogP contribution in [0.15, 0.2) is 35.3 Å². The van der Waals surface area contributed by atoms with Gasteiger partial charge < -0.3 is 4.74 Å². The minimum atomic E-state index is -0.982. The molecule has 0 bridgehead atoms. The number of urea groups is 1. The number of ether oxygens (including phenoxy) is 1. The molecular formula is C13H14N2O4. The predicted molar refractivity (Wildman–Crippen MR) is 67.5 cm³/mol. The summed E-state index contributed by atoms with van der Waals surface area (Å²) in [4.78, 5) is 37.1. The lowest BCUT2D eigenvalue weighted by Crippen LogP contribution is -2.39. The van der Waals surface area contributed by atoms with E-state index >= 15 is 0 Å². The maximum Gasteiger partial charge on any atom is 0.423 e. The lowest BCUT2D eigenvalue weighted by molar-refractivity contribution is 0.152. The number of rotatable bonds is 3. The number of hydrogen-bond acceptors (Lipinski definition) is 4. The Balaban J connectivity index is 2.82. The van der Waals surface area contributed by atoms with Crippen molar-refractivity contribution in [1.82, 2.24) is 4.90 Å². The van der Waals surface area contributed by atoms with Gasteiger partial charge in [0, 0.05) is 6.54 Å². The van der Waals surface area contributed by atoms with Gasteiger partial charge in [-0.2, -0.15) is 0 Å². The second kappa shape index (κ2) is 7.08. The van der Waals surface area contributed by atoms with Crippen LogP contribution in [0.1, 0.15) is 13.8 Å². The topological polar surface area (TPSA) is 76.0 Å². The zero-order chi connectivity index (χ0) is 14.3. The molecule has 0 unspecified atom stereocenters. The molecule has 0 saturated carbocycles. The molecule has 0 aliphatic heterocycles. The molecule has 0 fully saturated rings. The molecule has 1 aromatic carbocycles. The molecule has 0 N–H and O–H groups in total. The highest BCUT2D eigenvalue weighted by molar-refractivity contribution is 5.94. The molecule has 0 aliphatic carbocycles. The van der Waals surface area contributed by atoms with Crippen LogP contribution >= 0.6 is 0 Å². The summed E-state index contributed by atoms with van der Waals surface area (Å²) < 4.78 is 5.02. The fraction of sp³-hybridized carbons (Fsp3) is 0.308. The average Bonchev–Trinajstić information content (AvgIpc) is 2.37. The minimum absolute atomic E-state index is 0.0223. The highest BCUT2D eigenvalue weighted by atomic mass is 16.6. The maximum absolute atomic E-state index is 11.9. The van der Waals surface area contributed by atoms with Gasteiger partial charge in [0.05, 0.1) is 0 Å². The van der Waals surface area contributed by atoms with Crippen molar-refractivity contribution in [3.05, 3.63) is 30.3 Å². The van der Waals surface area contributed by atoms with Crippen molar-refractivity contribution in [3.8, 4) is 5.75 Å². The van der Waals surface area contributed by atoms with Gasteiger partial charge in [0.1, 0.15) is 5.75 Å². The van der Waals surface area contributed by atoms with Crippen molar-refractivity contribution < 1.29 is 19.1 Å². The Hall–Kier alpha value is -2.46. The third-order valence-electron chi connectivity index (χ3n) is 2.09. The summed E-state index contributed by atoms with van der Waals surface area (Å²) in [7, 11) is 0. The van der Waals surface area contributed by atoms with E-state index in [4.69, 9.17) is 4.74 Å². The van der Waals surface area contributed by atoms with Crippen molar-refractivity contribution in [2.45, 2.75) is 13.8 Å². The van der Waals surface area contributed by atoms with Gasteiger partial charge in [-0.3, -0.25) is 0 Å². The van der Waals surface area contributed by atoms with Crippen LogP contribution in [0.4, 0.5) is 9.59 Å². The van der Waals surface area contributed by atoms with E-state index in [1.165, 1.54) is 0 Å². The molecule has 0 atom stereocenters. The fourth-order valence-electron chi connectivity index (χ4n) is 1.34. The van der Waals surface area contributed by atoms with E-state index in [1.54, 1.807) is 30.3 Å². The number of aliphatic imine (C=N–C) groups is 1. The fourth-order valence-corrected chi connectivity index (χ4v) is 1.34. The molecule has 3 amide bonds. The summed E-state index contributed by atoms with van der Waals surface area (Å²) in [5, 5.41) is 0. The van der Waals surface area contributed by atoms with Crippen molar-refractivity contribution >= 4 is 18.2 Å². The Bertz CT molecular complexity index is 493. The highest BCUT2D eigenvalue weighted by Crippen LogP contribution is 2.12. The van der Waals surface area contributed by atoms with Gasteiger partial charge in [-0.25, -0.2) is 19.3 Å². The van der Waals surface area contributed by atoms with Crippen LogP contribution in [-0.2, 0) is 4.79 Å². The Morgan fingerprint density at radius 3 is 2.47 bits per heavy atom. The lowest BCUT2D eigenvalue weighted by atomic mass is 10.2. The molecule has 0 spiro atoms. The van der Waals surface area contributed by atoms with E-state index in [9.17, 15) is 14.4 Å². The van der Waals surface area contributed by atoms with Gasteiger partial charge in [0.15, 0.2) is 0 Å². The zero-order valence-electron chi connectivity index (χ0n) is 10.7. The molecule has 100 valence electrons. The Labute approximate surface area is 110 Å². The van der Waals surface area contributed by atoms with Crippen LogP contribution in [0.2, 0.25) is 0 Å². The summed E-state index contributed by atoms with van der Waals surface area (Å²) in [5.41, 5.74) is 0. The first kappa shape index (κ1) is 14.6. The number of para-hydroxylation sites is 1. The van der Waals surface area contributed by atoms with E-state index in [1.807, 2.05) is 13.8 Å². The number of imide groups is 1. The van der Waals surface area contributed by atoms with Gasteiger partial charge in [-0.05, 0) is 18.1 Å². The quantitative estimate of drug-likeness (QED) is 0.619. The molecule has 6 nitrogen and oxygen atoms in total. The molecule has 0 aliphatic rings. The average molecular weight is 262 g/mol. The molecule has 0 heterocycles. The summed E-state index contributed by atoms with van der Waals surface area (Å²) in [6.45, 7) is 3.75. The van der Waals surface area contributed by atoms with E-state index in [0.717, 1.165) is 11.0 Å². The van der Waals surface area contributed by atoms with Crippen LogP contribution in [0.3, 0.4) is 0 Å². The van der Waals surface area contributed by atoms with Crippen LogP contribution < -0.4 is 4.74 Å². The highest BCUT2D eigenvalue weighted by Gasteiger charge is 2.24. The van der Waals surface area contributed by atoms with Crippen LogP contribution in [0.25, 0.3) is 0 Å². The summed E-state index contributed by atoms with van der Waals surface area (Å²) >= 11 is 0. The maximum atomic E-state index is 11.9. The minimum Gasteiger partial charge on any atom is -0.410 e. The first-order valence-electron chi connectivity index (χ1n) is 5.70. The van der Waals surface area contributed by atoms with Crippen LogP contribution in [0, 0.1) is 5.92 Å². The number of nitrogens with zero attached hydrogens (tertiary/aromatic N) is 2. The first-order valence-corrected chi connectivity index (χ1v) is 5.70. The van der Waals surface area contributed by atoms with Crippen molar-refractivity contribution in [2.75, 3.05) is 6.54 Å². The monoisotopic (exact) mass is 262 g/mol. The summed E-state index contributed by atoms with van der Waals surface area (Å²) in [6, 6.07) is 7.34. The molecule has 1 rings (SSSR count). The van der Waals surface area contributed by atoms with E-state index in [-0.39, 0.29) is 12.5 Å². The largest absolute Gasteiger partial charge is 0.423 e. The Kier molecular flexibility index (Phi) is 5.44. The SMILES string of the molecule is CC(C)CN(C(=O)N=C=O)C(=O)Oc1ccccc1. The van der Waals surface area contributed by atoms with Gasteiger partial charge >= 0.3 is 12.1 Å². The third kappa shape index (κ3) is 4.73. The molecule has 0 radical (unpaired) electrons. The smallest absolute Gasteiger partial charge is 0.410 e. The second-order valence-corrected chi connectivity index (χ2v) is 4.17. The molecule has 0 aromatic heterocycles. The third-order valence-corrected chi connectivity index (χ3v) is 2.09. The first-order chi connectivity index (χ1) is 9.04. The molecule has 1 aromatic rings. The van der Waals surface area contributed by atoms with Gasteiger partial charge in [0.25, 0.3) is 0 Å². The summed E-state index contributed by atoms with van der Waals surface area (Å²) in [6.07, 6.45) is 0.245. The zero-order valence-corrected chi connectivity index (χ0v) is 10.7. The van der Waals surface area contributed by atoms with Crippen molar-refractivity contribution in [1.29, 1.82) is 0 Å². The number of carbonyl (C=O) groups is 2. The van der Waals surface area contributed by atoms with Gasteiger partial charge in [-0.1, -0.05) is 32.0 Å². The van der Waals surface area contributed by atoms with Crippen molar-refractivity contribution in [3.63, 3.8) is 0 Å². The molecule has 0 saturated heterocycles. The molecule has 19 heavy (non-hydrogen) atoms. The number of isocyanates is 1. The molecule has 6 heteroatoms. The summed E-state index contributed by atoms with van der Waals surface area (Å²) in [5.74, 6) is 0.332. The number of carbonyl (C=O) groups excluding carboxylic acids is 3. The molecular weight excluding hydrogens is 248 g/mol.